The van der Waals surface area contributed by atoms with Crippen molar-refractivity contribution >= 4 is 11.6 Å². The maximum Gasteiger partial charge on any atom is 0.138 e. The second-order valence-corrected chi connectivity index (χ2v) is 3.37. The fourth-order valence-corrected chi connectivity index (χ4v) is 1.30. The van der Waals surface area contributed by atoms with Crippen molar-refractivity contribution in [1.29, 1.82) is 0 Å². The molecule has 0 aliphatic carbocycles. The summed E-state index contributed by atoms with van der Waals surface area (Å²) in [5.41, 5.74) is 1.09. The Morgan fingerprint density at radius 2 is 2.29 bits per heavy atom. The van der Waals surface area contributed by atoms with Crippen molar-refractivity contribution in [2.75, 3.05) is 6.61 Å². The molecule has 0 fully saturated rings. The van der Waals surface area contributed by atoms with Gasteiger partial charge in [0.15, 0.2) is 0 Å². The molecule has 0 bridgehead atoms. The minimum atomic E-state index is 0.621. The molecule has 0 amide bonds. The molecular formula is C12H14ClO. The number of allylic oxidation sites excluding steroid dienone is 1. The Labute approximate surface area is 90.3 Å². The largest absolute Gasteiger partial charge is 0.492 e. The standard InChI is InChI=1S/C12H14ClO/c1-4-9(3)10-6-7-11(13)12(8-10)14-5-2/h4,6-8H,1,5H2,2-3H3. The van der Waals surface area contributed by atoms with Gasteiger partial charge in [0.2, 0.25) is 0 Å². The zero-order chi connectivity index (χ0) is 10.6. The van der Waals surface area contributed by atoms with Crippen LogP contribution in [0.25, 0.3) is 0 Å². The van der Waals surface area contributed by atoms with Crippen LogP contribution < -0.4 is 4.74 Å². The Morgan fingerprint density at radius 3 is 2.86 bits per heavy atom. The number of ether oxygens (including phenoxy) is 1. The summed E-state index contributed by atoms with van der Waals surface area (Å²) in [7, 11) is 0. The summed E-state index contributed by atoms with van der Waals surface area (Å²) in [6, 6.07) is 5.74. The Hall–Kier alpha value is -0.950. The summed E-state index contributed by atoms with van der Waals surface area (Å²) in [6.45, 7) is 8.29. The molecule has 0 spiro atoms. The van der Waals surface area contributed by atoms with Crippen LogP contribution >= 0.6 is 11.6 Å². The average molecular weight is 210 g/mol. The quantitative estimate of drug-likeness (QED) is 0.732. The Morgan fingerprint density at radius 1 is 1.57 bits per heavy atom. The summed E-state index contributed by atoms with van der Waals surface area (Å²) < 4.78 is 5.39. The van der Waals surface area contributed by atoms with Crippen molar-refractivity contribution in [2.45, 2.75) is 13.8 Å². The first kappa shape index (κ1) is 11.1. The van der Waals surface area contributed by atoms with Crippen molar-refractivity contribution in [2.24, 2.45) is 0 Å². The maximum atomic E-state index is 5.96. The Kier molecular flexibility index (Phi) is 4.02. The van der Waals surface area contributed by atoms with E-state index in [0.29, 0.717) is 11.6 Å². The molecule has 0 aliphatic rings. The van der Waals surface area contributed by atoms with Crippen molar-refractivity contribution in [3.8, 4) is 5.75 Å². The van der Waals surface area contributed by atoms with Crippen LogP contribution in [0.3, 0.4) is 0 Å². The van der Waals surface area contributed by atoms with Crippen LogP contribution in [0, 0.1) is 5.92 Å². The smallest absolute Gasteiger partial charge is 0.138 e. The predicted octanol–water partition coefficient (Wildman–Crippen LogP) is 3.87. The summed E-state index contributed by atoms with van der Waals surface area (Å²) in [6.07, 6.45) is 1.82. The molecule has 0 aliphatic heterocycles. The molecule has 2 heteroatoms. The summed E-state index contributed by atoms with van der Waals surface area (Å²) in [5.74, 6) is 1.84. The number of rotatable bonds is 4. The van der Waals surface area contributed by atoms with Crippen molar-refractivity contribution in [3.63, 3.8) is 0 Å². The third-order valence-electron chi connectivity index (χ3n) is 1.99. The second-order valence-electron chi connectivity index (χ2n) is 2.97. The molecule has 0 aromatic heterocycles. The lowest BCUT2D eigenvalue weighted by Crippen LogP contribution is -1.95. The SMILES string of the molecule is C=C[C](C)c1ccc(Cl)c(OCC)c1. The highest BCUT2D eigenvalue weighted by molar-refractivity contribution is 6.32. The highest BCUT2D eigenvalue weighted by Crippen LogP contribution is 2.28. The van der Waals surface area contributed by atoms with Gasteiger partial charge in [0, 0.05) is 5.92 Å². The minimum Gasteiger partial charge on any atom is -0.492 e. The van der Waals surface area contributed by atoms with Gasteiger partial charge in [-0.1, -0.05) is 30.7 Å². The van der Waals surface area contributed by atoms with Crippen LogP contribution in [0.2, 0.25) is 5.02 Å². The zero-order valence-corrected chi connectivity index (χ0v) is 9.27. The maximum absolute atomic E-state index is 5.96. The molecule has 1 nitrogen and oxygen atoms in total. The van der Waals surface area contributed by atoms with Crippen molar-refractivity contribution in [3.05, 3.63) is 47.4 Å². The van der Waals surface area contributed by atoms with E-state index in [1.165, 1.54) is 0 Å². The molecule has 1 radical (unpaired) electrons. The molecule has 75 valence electrons. The predicted molar refractivity (Wildman–Crippen MR) is 60.8 cm³/mol. The van der Waals surface area contributed by atoms with Gasteiger partial charge in [-0.3, -0.25) is 0 Å². The van der Waals surface area contributed by atoms with E-state index < -0.39 is 0 Å². The molecule has 14 heavy (non-hydrogen) atoms. The molecule has 0 unspecified atom stereocenters. The summed E-state index contributed by atoms with van der Waals surface area (Å²) in [4.78, 5) is 0. The van der Waals surface area contributed by atoms with E-state index in [-0.39, 0.29) is 0 Å². The van der Waals surface area contributed by atoms with Crippen LogP contribution in [-0.4, -0.2) is 6.61 Å². The fraction of sp³-hybridized carbons (Fsp3) is 0.250. The van der Waals surface area contributed by atoms with Crippen LogP contribution in [0.5, 0.6) is 5.75 Å². The van der Waals surface area contributed by atoms with Gasteiger partial charge in [-0.05, 0) is 24.6 Å². The van der Waals surface area contributed by atoms with Gasteiger partial charge >= 0.3 is 0 Å². The number of hydrogen-bond acceptors (Lipinski definition) is 1. The first-order chi connectivity index (χ1) is 6.69. The van der Waals surface area contributed by atoms with E-state index in [1.54, 1.807) is 0 Å². The number of halogens is 1. The fourth-order valence-electron chi connectivity index (χ4n) is 1.13. The van der Waals surface area contributed by atoms with Gasteiger partial charge in [-0.2, -0.15) is 0 Å². The van der Waals surface area contributed by atoms with Gasteiger partial charge < -0.3 is 4.74 Å². The topological polar surface area (TPSA) is 9.23 Å². The van der Waals surface area contributed by atoms with Crippen LogP contribution in [0.4, 0.5) is 0 Å². The van der Waals surface area contributed by atoms with Gasteiger partial charge in [0.05, 0.1) is 11.6 Å². The third-order valence-corrected chi connectivity index (χ3v) is 2.30. The highest BCUT2D eigenvalue weighted by Gasteiger charge is 2.06. The molecule has 0 atom stereocenters. The van der Waals surface area contributed by atoms with Crippen LogP contribution in [-0.2, 0) is 0 Å². The lowest BCUT2D eigenvalue weighted by atomic mass is 10.0. The van der Waals surface area contributed by atoms with Crippen LogP contribution in [0.15, 0.2) is 30.9 Å². The average Bonchev–Trinajstić information content (AvgIpc) is 2.20. The summed E-state index contributed by atoms with van der Waals surface area (Å²) >= 11 is 5.96. The van der Waals surface area contributed by atoms with E-state index in [9.17, 15) is 0 Å². The van der Waals surface area contributed by atoms with E-state index in [2.05, 4.69) is 6.58 Å². The van der Waals surface area contributed by atoms with Crippen molar-refractivity contribution in [1.82, 2.24) is 0 Å². The van der Waals surface area contributed by atoms with E-state index >= 15 is 0 Å². The van der Waals surface area contributed by atoms with Gasteiger partial charge in [-0.25, -0.2) is 0 Å². The minimum absolute atomic E-state index is 0.621. The van der Waals surface area contributed by atoms with Gasteiger partial charge in [0.25, 0.3) is 0 Å². The van der Waals surface area contributed by atoms with E-state index in [0.717, 1.165) is 17.2 Å². The molecule has 1 aromatic rings. The Balaban J connectivity index is 2.99. The molecule has 0 N–H and O–H groups in total. The van der Waals surface area contributed by atoms with Gasteiger partial charge in [0.1, 0.15) is 5.75 Å². The Bertz CT molecular complexity index is 320. The second kappa shape index (κ2) is 5.06. The van der Waals surface area contributed by atoms with Crippen molar-refractivity contribution < 1.29 is 4.74 Å². The molecule has 1 rings (SSSR count). The normalized spacial score (nSPS) is 10.3. The number of hydrogen-bond donors (Lipinski definition) is 0. The third kappa shape index (κ3) is 2.52. The highest BCUT2D eigenvalue weighted by atomic mass is 35.5. The zero-order valence-electron chi connectivity index (χ0n) is 8.51. The van der Waals surface area contributed by atoms with Gasteiger partial charge in [-0.15, -0.1) is 6.58 Å². The van der Waals surface area contributed by atoms with Crippen LogP contribution in [0.1, 0.15) is 19.4 Å². The lowest BCUT2D eigenvalue weighted by molar-refractivity contribution is 0.340. The molecule has 0 heterocycles. The number of benzene rings is 1. The van der Waals surface area contributed by atoms with E-state index in [4.69, 9.17) is 16.3 Å². The monoisotopic (exact) mass is 209 g/mol. The summed E-state index contributed by atoms with van der Waals surface area (Å²) in [5, 5.41) is 0.646. The molecule has 0 saturated carbocycles. The molecule has 1 aromatic carbocycles. The molecule has 0 saturated heterocycles. The lowest BCUT2D eigenvalue weighted by Gasteiger charge is -2.10. The van der Waals surface area contributed by atoms with E-state index in [1.807, 2.05) is 38.1 Å². The first-order valence-electron chi connectivity index (χ1n) is 4.57. The first-order valence-corrected chi connectivity index (χ1v) is 4.95. The molecular weight excluding hydrogens is 196 g/mol.